The van der Waals surface area contributed by atoms with Crippen LogP contribution in [0.4, 0.5) is 0 Å². The largest absolute Gasteiger partial charge is 0.394 e. The third-order valence-corrected chi connectivity index (χ3v) is 6.93. The molecule has 1 rings (SSSR count). The predicted octanol–water partition coefficient (Wildman–Crippen LogP) is 2.54. The number of aliphatic hydroxyl groups excluding tert-OH is 5. The number of rotatable bonds is 21. The van der Waals surface area contributed by atoms with Crippen molar-refractivity contribution in [2.24, 2.45) is 0 Å². The normalized spacial score (nSPS) is 26.0. The predicted molar refractivity (Wildman–Crippen MR) is 138 cm³/mol. The first-order valence-electron chi connectivity index (χ1n) is 14.2. The van der Waals surface area contributed by atoms with Crippen LogP contribution in [-0.4, -0.2) is 87.5 Å². The highest BCUT2D eigenvalue weighted by molar-refractivity contribution is 5.76. The topological polar surface area (TPSA) is 149 Å². The van der Waals surface area contributed by atoms with Gasteiger partial charge in [0.2, 0.25) is 5.91 Å². The Morgan fingerprint density at radius 1 is 0.833 bits per heavy atom. The molecule has 0 bridgehead atoms. The van der Waals surface area contributed by atoms with Gasteiger partial charge in [-0.1, -0.05) is 90.9 Å². The molecule has 0 radical (unpaired) electrons. The lowest BCUT2D eigenvalue weighted by atomic mass is 9.99. The van der Waals surface area contributed by atoms with Crippen LogP contribution in [0.3, 0.4) is 0 Å². The lowest BCUT2D eigenvalue weighted by Crippen LogP contribution is -2.60. The molecule has 0 aromatic rings. The highest BCUT2D eigenvalue weighted by atomic mass is 16.7. The van der Waals surface area contributed by atoms with Crippen LogP contribution in [0.15, 0.2) is 0 Å². The van der Waals surface area contributed by atoms with Gasteiger partial charge in [0.1, 0.15) is 24.4 Å². The molecule has 0 aromatic heterocycles. The average Bonchev–Trinajstić information content (AvgIpc) is 2.86. The van der Waals surface area contributed by atoms with Crippen LogP contribution in [0.5, 0.6) is 0 Å². The molecular weight excluding hydrogens is 466 g/mol. The molecular formula is C27H53NO8. The van der Waals surface area contributed by atoms with Gasteiger partial charge in [0.05, 0.1) is 25.4 Å². The first-order valence-corrected chi connectivity index (χ1v) is 14.2. The summed E-state index contributed by atoms with van der Waals surface area (Å²) in [5.74, 6) is -0.200. The number of ether oxygens (including phenoxy) is 2. The van der Waals surface area contributed by atoms with Gasteiger partial charge in [-0.3, -0.25) is 4.79 Å². The van der Waals surface area contributed by atoms with Crippen molar-refractivity contribution >= 4 is 5.91 Å². The molecule has 7 atom stereocenters. The van der Waals surface area contributed by atoms with Crippen molar-refractivity contribution in [3.8, 4) is 0 Å². The molecule has 9 heteroatoms. The zero-order valence-electron chi connectivity index (χ0n) is 22.5. The molecule has 0 aliphatic carbocycles. The number of unbranched alkanes of at least 4 members (excludes halogenated alkanes) is 11. The monoisotopic (exact) mass is 519 g/mol. The molecule has 6 N–H and O–H groups in total. The standard InChI is InChI=1S/C27H53NO8/c1-3-5-6-7-8-9-10-11-12-13-14-15-17-21(30)20(28-23(31)16-4-2)19-35-27-26(34)25(33)24(32)22(18-29)36-27/h20-22,24-27,29-30,32-34H,3-19H2,1-2H3,(H,28,31). The van der Waals surface area contributed by atoms with E-state index in [1.165, 1.54) is 57.8 Å². The summed E-state index contributed by atoms with van der Waals surface area (Å²) in [6.45, 7) is 3.43. The van der Waals surface area contributed by atoms with Crippen molar-refractivity contribution in [3.63, 3.8) is 0 Å². The van der Waals surface area contributed by atoms with Crippen LogP contribution < -0.4 is 5.32 Å². The van der Waals surface area contributed by atoms with E-state index in [1.807, 2.05) is 6.92 Å². The van der Waals surface area contributed by atoms with E-state index in [4.69, 9.17) is 9.47 Å². The average molecular weight is 520 g/mol. The molecule has 0 spiro atoms. The summed E-state index contributed by atoms with van der Waals surface area (Å²) in [6.07, 6.45) is 8.42. The fraction of sp³-hybridized carbons (Fsp3) is 0.963. The quantitative estimate of drug-likeness (QED) is 0.127. The van der Waals surface area contributed by atoms with Crippen LogP contribution >= 0.6 is 0 Å². The maximum Gasteiger partial charge on any atom is 0.220 e. The van der Waals surface area contributed by atoms with E-state index in [-0.39, 0.29) is 12.5 Å². The van der Waals surface area contributed by atoms with E-state index in [2.05, 4.69) is 12.2 Å². The number of amides is 1. The third-order valence-electron chi connectivity index (χ3n) is 6.93. The van der Waals surface area contributed by atoms with Crippen LogP contribution in [0.25, 0.3) is 0 Å². The molecule has 9 nitrogen and oxygen atoms in total. The molecule has 0 aromatic carbocycles. The Balaban J connectivity index is 2.38. The van der Waals surface area contributed by atoms with Gasteiger partial charge in [-0.05, 0) is 12.8 Å². The Kier molecular flexibility index (Phi) is 18.6. The second-order valence-electron chi connectivity index (χ2n) is 10.2. The number of carbonyl (C=O) groups is 1. The minimum atomic E-state index is -1.54. The van der Waals surface area contributed by atoms with Crippen molar-refractivity contribution in [1.29, 1.82) is 0 Å². The Morgan fingerprint density at radius 2 is 1.39 bits per heavy atom. The third kappa shape index (κ3) is 13.1. The zero-order valence-corrected chi connectivity index (χ0v) is 22.5. The van der Waals surface area contributed by atoms with E-state index < -0.39 is 49.5 Å². The molecule has 1 saturated heterocycles. The first kappa shape index (κ1) is 33.2. The van der Waals surface area contributed by atoms with Gasteiger partial charge < -0.3 is 40.3 Å². The van der Waals surface area contributed by atoms with Gasteiger partial charge in [-0.25, -0.2) is 0 Å². The van der Waals surface area contributed by atoms with Gasteiger partial charge in [0.25, 0.3) is 0 Å². The summed E-state index contributed by atoms with van der Waals surface area (Å²) < 4.78 is 11.0. The number of nitrogens with one attached hydrogen (secondary N) is 1. The van der Waals surface area contributed by atoms with E-state index in [0.29, 0.717) is 19.3 Å². The van der Waals surface area contributed by atoms with E-state index in [0.717, 1.165) is 19.3 Å². The summed E-state index contributed by atoms with van der Waals surface area (Å²) >= 11 is 0. The molecule has 1 heterocycles. The Hall–Kier alpha value is -0.810. The maximum absolute atomic E-state index is 12.2. The van der Waals surface area contributed by atoms with Gasteiger partial charge in [0, 0.05) is 6.42 Å². The molecule has 7 unspecified atom stereocenters. The number of hydrogen-bond donors (Lipinski definition) is 6. The first-order chi connectivity index (χ1) is 17.3. The lowest BCUT2D eigenvalue weighted by molar-refractivity contribution is -0.302. The van der Waals surface area contributed by atoms with E-state index >= 15 is 0 Å². The minimum Gasteiger partial charge on any atom is -0.394 e. The smallest absolute Gasteiger partial charge is 0.220 e. The molecule has 214 valence electrons. The van der Waals surface area contributed by atoms with E-state index in [1.54, 1.807) is 0 Å². The minimum absolute atomic E-state index is 0.141. The second-order valence-corrected chi connectivity index (χ2v) is 10.2. The molecule has 0 saturated carbocycles. The Morgan fingerprint density at radius 3 is 1.92 bits per heavy atom. The van der Waals surface area contributed by atoms with Crippen molar-refractivity contribution in [2.75, 3.05) is 13.2 Å². The highest BCUT2D eigenvalue weighted by Gasteiger charge is 2.44. The number of aliphatic hydroxyl groups is 5. The molecule has 1 amide bonds. The van der Waals surface area contributed by atoms with Gasteiger partial charge in [-0.2, -0.15) is 0 Å². The Labute approximate surface area is 217 Å². The maximum atomic E-state index is 12.2. The van der Waals surface area contributed by atoms with Crippen molar-refractivity contribution in [3.05, 3.63) is 0 Å². The summed E-state index contributed by atoms with van der Waals surface area (Å²) in [4.78, 5) is 12.2. The van der Waals surface area contributed by atoms with E-state index in [9.17, 15) is 30.3 Å². The second kappa shape index (κ2) is 20.2. The molecule has 1 aliphatic heterocycles. The van der Waals surface area contributed by atoms with Crippen LogP contribution in [0.1, 0.15) is 110 Å². The Bertz CT molecular complexity index is 550. The lowest BCUT2D eigenvalue weighted by Gasteiger charge is -2.40. The van der Waals surface area contributed by atoms with Crippen LogP contribution in [0, 0.1) is 0 Å². The number of hydrogen-bond acceptors (Lipinski definition) is 8. The van der Waals surface area contributed by atoms with Gasteiger partial charge in [0.15, 0.2) is 6.29 Å². The van der Waals surface area contributed by atoms with Crippen molar-refractivity contribution in [2.45, 2.75) is 153 Å². The number of carbonyl (C=O) groups excluding carboxylic acids is 1. The van der Waals surface area contributed by atoms with Crippen molar-refractivity contribution in [1.82, 2.24) is 5.32 Å². The van der Waals surface area contributed by atoms with Crippen LogP contribution in [0.2, 0.25) is 0 Å². The molecule has 1 aliphatic rings. The molecule has 36 heavy (non-hydrogen) atoms. The fourth-order valence-electron chi connectivity index (χ4n) is 4.55. The summed E-state index contributed by atoms with van der Waals surface area (Å²) in [5, 5.41) is 52.9. The highest BCUT2D eigenvalue weighted by Crippen LogP contribution is 2.22. The van der Waals surface area contributed by atoms with Crippen LogP contribution in [-0.2, 0) is 14.3 Å². The fourth-order valence-corrected chi connectivity index (χ4v) is 4.55. The summed E-state index contributed by atoms with van der Waals surface area (Å²) in [6, 6.07) is -0.705. The summed E-state index contributed by atoms with van der Waals surface area (Å²) in [5.41, 5.74) is 0. The van der Waals surface area contributed by atoms with Gasteiger partial charge >= 0.3 is 0 Å². The molecule has 1 fully saturated rings. The SMILES string of the molecule is CCCCCCCCCCCCCCC(O)C(COC1OC(CO)C(O)C(O)C1O)NC(=O)CCC. The summed E-state index contributed by atoms with van der Waals surface area (Å²) in [7, 11) is 0. The zero-order chi connectivity index (χ0) is 26.8. The van der Waals surface area contributed by atoms with Crippen molar-refractivity contribution < 1.29 is 39.8 Å². The van der Waals surface area contributed by atoms with Gasteiger partial charge in [-0.15, -0.1) is 0 Å².